The Hall–Kier alpha value is -2.34. The highest BCUT2D eigenvalue weighted by Gasteiger charge is 2.13. The number of aryl methyl sites for hydroxylation is 1. The zero-order valence-corrected chi connectivity index (χ0v) is 13.4. The average molecular weight is 319 g/mol. The van der Waals surface area contributed by atoms with Crippen molar-refractivity contribution in [2.45, 2.75) is 11.8 Å². The van der Waals surface area contributed by atoms with Gasteiger partial charge in [0.2, 0.25) is 0 Å². The molecule has 0 unspecified atom stereocenters. The van der Waals surface area contributed by atoms with E-state index in [-0.39, 0.29) is 4.90 Å². The quantitative estimate of drug-likeness (QED) is 0.795. The van der Waals surface area contributed by atoms with Crippen LogP contribution in [0.25, 0.3) is 0 Å². The van der Waals surface area contributed by atoms with Crippen molar-refractivity contribution < 1.29 is 17.9 Å². The van der Waals surface area contributed by atoms with Crippen molar-refractivity contribution in [3.8, 4) is 11.5 Å². The van der Waals surface area contributed by atoms with Gasteiger partial charge >= 0.3 is 0 Å². The summed E-state index contributed by atoms with van der Waals surface area (Å²) in [6.07, 6.45) is 1.24. The number of nitrogens with zero attached hydrogens (tertiary/aromatic N) is 1. The van der Waals surface area contributed by atoms with Crippen LogP contribution in [-0.2, 0) is 10.0 Å². The van der Waals surface area contributed by atoms with E-state index >= 15 is 0 Å². The first kappa shape index (κ1) is 16.0. The second kappa shape index (κ2) is 6.62. The summed E-state index contributed by atoms with van der Waals surface area (Å²) in [5, 5.41) is 0. The zero-order chi connectivity index (χ0) is 16.2. The molecule has 0 bridgehead atoms. The normalized spacial score (nSPS) is 11.6. The highest BCUT2D eigenvalue weighted by atomic mass is 32.2. The van der Waals surface area contributed by atoms with Crippen molar-refractivity contribution in [1.82, 2.24) is 0 Å². The van der Waals surface area contributed by atoms with E-state index in [0.29, 0.717) is 17.1 Å². The van der Waals surface area contributed by atoms with Crippen LogP contribution in [-0.4, -0.2) is 28.9 Å². The van der Waals surface area contributed by atoms with Gasteiger partial charge in [-0.25, -0.2) is 0 Å². The van der Waals surface area contributed by atoms with Gasteiger partial charge < -0.3 is 9.47 Å². The molecule has 6 heteroatoms. The van der Waals surface area contributed by atoms with Gasteiger partial charge in [0.25, 0.3) is 10.0 Å². The van der Waals surface area contributed by atoms with Crippen LogP contribution in [0.1, 0.15) is 11.1 Å². The summed E-state index contributed by atoms with van der Waals surface area (Å²) in [6.45, 7) is 1.89. The minimum atomic E-state index is -3.77. The van der Waals surface area contributed by atoms with Crippen LogP contribution in [0.3, 0.4) is 0 Å². The maximum Gasteiger partial charge on any atom is 0.282 e. The molecule has 22 heavy (non-hydrogen) atoms. The minimum absolute atomic E-state index is 0.142. The largest absolute Gasteiger partial charge is 0.496 e. The molecule has 116 valence electrons. The van der Waals surface area contributed by atoms with Crippen LogP contribution in [0.4, 0.5) is 0 Å². The molecule has 0 atom stereocenters. The third kappa shape index (κ3) is 3.46. The van der Waals surface area contributed by atoms with Gasteiger partial charge in [-0.2, -0.15) is 12.8 Å². The second-order valence-electron chi connectivity index (χ2n) is 4.60. The molecular formula is C16H17NO4S. The van der Waals surface area contributed by atoms with E-state index in [4.69, 9.17) is 9.47 Å². The van der Waals surface area contributed by atoms with Crippen LogP contribution in [0.2, 0.25) is 0 Å². The van der Waals surface area contributed by atoms with Crippen molar-refractivity contribution in [3.63, 3.8) is 0 Å². The summed E-state index contributed by atoms with van der Waals surface area (Å²) in [6, 6.07) is 11.7. The molecule has 0 saturated carbocycles. The van der Waals surface area contributed by atoms with E-state index < -0.39 is 10.0 Å². The van der Waals surface area contributed by atoms with Crippen LogP contribution in [0.5, 0.6) is 11.5 Å². The predicted octanol–water partition coefficient (Wildman–Crippen LogP) is 2.82. The standard InChI is InChI=1S/C16H17NO4S/c1-12-7-9-13(10-8-12)22(18,19)17-11-14-15(20-2)5-4-6-16(14)21-3/h4-11H,1-3H3/b17-11+. The van der Waals surface area contributed by atoms with Gasteiger partial charge in [-0.15, -0.1) is 0 Å². The molecule has 0 saturated heterocycles. The van der Waals surface area contributed by atoms with Crippen molar-refractivity contribution in [1.29, 1.82) is 0 Å². The molecule has 0 spiro atoms. The van der Waals surface area contributed by atoms with Crippen molar-refractivity contribution in [2.24, 2.45) is 4.40 Å². The number of benzene rings is 2. The first-order valence-electron chi connectivity index (χ1n) is 6.56. The molecule has 2 aromatic carbocycles. The maximum absolute atomic E-state index is 12.2. The summed E-state index contributed by atoms with van der Waals surface area (Å²) >= 11 is 0. The Morgan fingerprint density at radius 1 is 0.955 bits per heavy atom. The Balaban J connectivity index is 2.41. The molecule has 2 aromatic rings. The fourth-order valence-electron chi connectivity index (χ4n) is 1.90. The summed E-state index contributed by atoms with van der Waals surface area (Å²) in [5.74, 6) is 0.976. The number of ether oxygens (including phenoxy) is 2. The molecule has 5 nitrogen and oxygen atoms in total. The first-order valence-corrected chi connectivity index (χ1v) is 8.00. The van der Waals surface area contributed by atoms with Gasteiger partial charge in [0, 0.05) is 0 Å². The number of rotatable bonds is 5. The van der Waals surface area contributed by atoms with E-state index in [1.54, 1.807) is 30.3 Å². The van der Waals surface area contributed by atoms with Gasteiger partial charge in [0.15, 0.2) is 0 Å². The molecule has 0 aliphatic rings. The third-order valence-electron chi connectivity index (χ3n) is 3.11. The number of methoxy groups -OCH3 is 2. The molecule has 2 rings (SSSR count). The summed E-state index contributed by atoms with van der Waals surface area (Å²) in [5.41, 5.74) is 1.46. The fraction of sp³-hybridized carbons (Fsp3) is 0.188. The molecule has 0 amide bonds. The van der Waals surface area contributed by atoms with E-state index in [1.807, 2.05) is 6.92 Å². The molecule has 0 heterocycles. The van der Waals surface area contributed by atoms with E-state index in [9.17, 15) is 8.42 Å². The number of hydrogen-bond donors (Lipinski definition) is 0. The summed E-state index contributed by atoms with van der Waals surface area (Å²) in [7, 11) is -0.766. The molecule has 0 radical (unpaired) electrons. The SMILES string of the molecule is COc1cccc(OC)c1/C=N/S(=O)(=O)c1ccc(C)cc1. The van der Waals surface area contributed by atoms with Crippen molar-refractivity contribution >= 4 is 16.2 Å². The lowest BCUT2D eigenvalue weighted by Crippen LogP contribution is -2.00. The van der Waals surface area contributed by atoms with Crippen LogP contribution in [0.15, 0.2) is 51.8 Å². The monoisotopic (exact) mass is 319 g/mol. The summed E-state index contributed by atoms with van der Waals surface area (Å²) < 4.78 is 38.6. The van der Waals surface area contributed by atoms with Gasteiger partial charge in [0.05, 0.1) is 30.9 Å². The van der Waals surface area contributed by atoms with E-state index in [1.165, 1.54) is 32.6 Å². The number of sulfonamides is 1. The predicted molar refractivity (Wildman–Crippen MR) is 85.5 cm³/mol. The van der Waals surface area contributed by atoms with Crippen LogP contribution in [0, 0.1) is 6.92 Å². The van der Waals surface area contributed by atoms with Crippen LogP contribution >= 0.6 is 0 Å². The van der Waals surface area contributed by atoms with Gasteiger partial charge in [0.1, 0.15) is 11.5 Å². The molecule has 0 fully saturated rings. The molecule has 0 N–H and O–H groups in total. The Morgan fingerprint density at radius 3 is 2.00 bits per heavy atom. The topological polar surface area (TPSA) is 65.0 Å². The smallest absolute Gasteiger partial charge is 0.282 e. The van der Waals surface area contributed by atoms with Crippen molar-refractivity contribution in [3.05, 3.63) is 53.6 Å². The Kier molecular flexibility index (Phi) is 4.82. The highest BCUT2D eigenvalue weighted by molar-refractivity contribution is 7.90. The van der Waals surface area contributed by atoms with Gasteiger partial charge in [-0.3, -0.25) is 0 Å². The van der Waals surface area contributed by atoms with Gasteiger partial charge in [-0.05, 0) is 31.2 Å². The van der Waals surface area contributed by atoms with Gasteiger partial charge in [-0.1, -0.05) is 23.8 Å². The zero-order valence-electron chi connectivity index (χ0n) is 12.6. The Morgan fingerprint density at radius 2 is 1.50 bits per heavy atom. The Labute approximate surface area is 130 Å². The fourth-order valence-corrected chi connectivity index (χ4v) is 2.75. The lowest BCUT2D eigenvalue weighted by Gasteiger charge is -2.09. The minimum Gasteiger partial charge on any atom is -0.496 e. The van der Waals surface area contributed by atoms with E-state index in [2.05, 4.69) is 4.40 Å². The van der Waals surface area contributed by atoms with E-state index in [0.717, 1.165) is 5.56 Å². The maximum atomic E-state index is 12.2. The van der Waals surface area contributed by atoms with Crippen LogP contribution < -0.4 is 9.47 Å². The lowest BCUT2D eigenvalue weighted by atomic mass is 10.2. The highest BCUT2D eigenvalue weighted by Crippen LogP contribution is 2.26. The first-order chi connectivity index (χ1) is 10.5. The third-order valence-corrected chi connectivity index (χ3v) is 4.36. The summed E-state index contributed by atoms with van der Waals surface area (Å²) in [4.78, 5) is 0.142. The molecule has 0 aromatic heterocycles. The number of hydrogen-bond acceptors (Lipinski definition) is 4. The van der Waals surface area contributed by atoms with Crippen molar-refractivity contribution in [2.75, 3.05) is 14.2 Å². The second-order valence-corrected chi connectivity index (χ2v) is 6.23. The average Bonchev–Trinajstić information content (AvgIpc) is 2.53. The Bertz CT molecular complexity index is 758. The lowest BCUT2D eigenvalue weighted by molar-refractivity contribution is 0.393. The molecular weight excluding hydrogens is 302 g/mol. The molecule has 0 aliphatic carbocycles. The molecule has 0 aliphatic heterocycles.